The van der Waals surface area contributed by atoms with Crippen LogP contribution in [-0.4, -0.2) is 83.4 Å². The number of carbonyl (C=O) groups is 2. The zero-order valence-corrected chi connectivity index (χ0v) is 62.5. The molecule has 8 heterocycles. The number of carboxylic acids is 2. The molecule has 4 N–H and O–H groups in total. The summed E-state index contributed by atoms with van der Waals surface area (Å²) in [5.41, 5.74) is 2.95. The predicted molar refractivity (Wildman–Crippen MR) is 338 cm³/mol. The van der Waals surface area contributed by atoms with Gasteiger partial charge in [0.25, 0.3) is 0 Å². The van der Waals surface area contributed by atoms with Crippen LogP contribution >= 0.6 is 0 Å². The van der Waals surface area contributed by atoms with E-state index in [9.17, 15) is 62.3 Å². The maximum Gasteiger partial charge on any atom is 0.429 e. The number of aliphatic hydroxyl groups is 2. The van der Waals surface area contributed by atoms with Gasteiger partial charge in [-0.25, -0.2) is 19.6 Å². The molecule has 4 aromatic carbocycles. The van der Waals surface area contributed by atoms with Crippen molar-refractivity contribution in [1.29, 1.82) is 0 Å². The van der Waals surface area contributed by atoms with Crippen LogP contribution in [0.2, 0.25) is 0 Å². The number of pyridine rings is 7. The monoisotopic (exact) mass is 2140 g/mol. The first-order valence-corrected chi connectivity index (χ1v) is 28.2. The Morgan fingerprint density at radius 2 is 0.796 bits per heavy atom. The predicted octanol–water partition coefficient (Wildman–Crippen LogP) is 16.3. The number of benzene rings is 4. The standard InChI is InChI=1S/C13H9F3N.3C11H6F2N.C8H4F3N4.2C6H5NO2.C5H10O2.4Ir/c1-9-6-10(12-4-2-3-5-17-12)8-11(7-9)13(14,15)16;3*12-8-4-5-9(10(13)7-8)11-3-1-2-6-14-11;9-8(10,11)7-13-6(14-15-7)5-3-1-2-4-12-5;2*8-6(9)5-3-1-2-4-7-5;1-4(6)3-5(2)7;;;;/h2-7H,1H3;3*1-4,6-7H;1-4H;2*1-4H,(H,8,9);3-4,6-7H,1-2H3;;;;/q5*-1;;;;;;;. The van der Waals surface area contributed by atoms with Crippen LogP contribution in [0.5, 0.6) is 0 Å². The number of carboxylic acid groups (broad SMARTS) is 2. The molecule has 0 amide bonds. The van der Waals surface area contributed by atoms with Gasteiger partial charge in [0.1, 0.15) is 17.2 Å². The topological polar surface area (TPSA) is 245 Å². The number of hydrogen-bond donors (Lipinski definition) is 4. The number of aromatic carboxylic acids is 2. The Hall–Kier alpha value is -9.73. The summed E-state index contributed by atoms with van der Waals surface area (Å²) in [7, 11) is 0. The third-order valence-electron chi connectivity index (χ3n) is 11.4. The van der Waals surface area contributed by atoms with E-state index in [0.29, 0.717) is 33.9 Å². The molecule has 12 aromatic rings. The molecule has 32 heteroatoms. The van der Waals surface area contributed by atoms with Crippen LogP contribution in [0.4, 0.5) is 52.7 Å². The average molecular weight is 2140 g/mol. The number of allylic oxidation sites excluding steroid dienone is 1. The zero-order chi connectivity index (χ0) is 72.5. The first kappa shape index (κ1) is 91.3. The van der Waals surface area contributed by atoms with Gasteiger partial charge in [0.05, 0.1) is 17.6 Å². The summed E-state index contributed by atoms with van der Waals surface area (Å²) in [6.45, 7) is 4.72. The van der Waals surface area contributed by atoms with Crippen molar-refractivity contribution in [3.8, 4) is 56.5 Å². The SMILES string of the molecule is CC(O)=CC(C)O.Cc1cc(-c2ccccn2)[c-]c(C(F)(F)F)c1.FC(F)(F)c1n[n-]c(-c2ccccn2)n1.Fc1c[c-]c(-c2ccccn2)c(F)c1.Fc1c[c-]c(-c2ccccn2)c(F)c1.Fc1c[c-]c(-c2ccccn2)c(F)c1.O=C(O)c1ccccn1.O=C(O)c1ccccn1.[Ir].[Ir].[Ir].[Ir]. The molecule has 0 saturated carbocycles. The number of halogens is 12. The van der Waals surface area contributed by atoms with Crippen molar-refractivity contribution in [1.82, 2.24) is 50.1 Å². The van der Waals surface area contributed by atoms with Crippen molar-refractivity contribution in [2.75, 3.05) is 0 Å². The number of rotatable bonds is 8. The fourth-order valence-electron chi connectivity index (χ4n) is 7.27. The van der Waals surface area contributed by atoms with Crippen molar-refractivity contribution < 1.29 is 163 Å². The van der Waals surface area contributed by atoms with Gasteiger partial charge in [-0.05, 0) is 115 Å². The molecule has 4 radical (unpaired) electrons. The summed E-state index contributed by atoms with van der Waals surface area (Å²) in [6, 6.07) is 53.0. The van der Waals surface area contributed by atoms with E-state index in [1.165, 1.54) is 49.8 Å². The van der Waals surface area contributed by atoms with Crippen LogP contribution in [0.1, 0.15) is 51.8 Å². The molecule has 546 valence electrons. The fourth-order valence-corrected chi connectivity index (χ4v) is 7.27. The molecule has 0 aliphatic carbocycles. The van der Waals surface area contributed by atoms with Gasteiger partial charge in [-0.1, -0.05) is 109 Å². The summed E-state index contributed by atoms with van der Waals surface area (Å²) >= 11 is 0. The van der Waals surface area contributed by atoms with Crippen LogP contribution < -0.4 is 5.10 Å². The minimum atomic E-state index is -4.57. The van der Waals surface area contributed by atoms with E-state index in [1.54, 1.807) is 154 Å². The van der Waals surface area contributed by atoms with Crippen LogP contribution in [0, 0.1) is 66.1 Å². The van der Waals surface area contributed by atoms with E-state index in [0.717, 1.165) is 42.5 Å². The second kappa shape index (κ2) is 46.7. The minimum Gasteiger partial charge on any atom is -0.513 e. The molecular weight excluding hydrogens is 2090 g/mol. The van der Waals surface area contributed by atoms with Gasteiger partial charge in [0, 0.05) is 159 Å². The van der Waals surface area contributed by atoms with E-state index in [2.05, 4.69) is 74.3 Å². The van der Waals surface area contributed by atoms with E-state index < -0.39 is 76.7 Å². The quantitative estimate of drug-likeness (QED) is 0.0627. The molecule has 16 nitrogen and oxygen atoms in total. The Morgan fingerprint density at radius 1 is 0.466 bits per heavy atom. The number of nitrogens with zero attached hydrogens (tertiary/aromatic N) is 10. The fraction of sp³-hybridized carbons (Fsp3) is 0.0845. The average Bonchev–Trinajstić information content (AvgIpc) is 1.73. The summed E-state index contributed by atoms with van der Waals surface area (Å²) in [4.78, 5) is 50.3. The molecule has 103 heavy (non-hydrogen) atoms. The molecule has 0 aliphatic heterocycles. The number of aromatic nitrogens is 10. The largest absolute Gasteiger partial charge is 0.513 e. The van der Waals surface area contributed by atoms with E-state index in [4.69, 9.17) is 20.4 Å². The number of alkyl halides is 6. The Bertz CT molecular complexity index is 4210. The van der Waals surface area contributed by atoms with Crippen molar-refractivity contribution in [2.24, 2.45) is 0 Å². The van der Waals surface area contributed by atoms with Gasteiger partial charge in [-0.15, -0.1) is 65.7 Å². The third kappa shape index (κ3) is 33.3. The molecule has 0 saturated heterocycles. The molecule has 0 spiro atoms. The van der Waals surface area contributed by atoms with Crippen molar-refractivity contribution in [3.63, 3.8) is 0 Å². The molecule has 0 bridgehead atoms. The number of aryl methyl sites for hydroxylation is 1. The normalized spacial score (nSPS) is 10.4. The summed E-state index contributed by atoms with van der Waals surface area (Å²) in [5.74, 6) is -7.05. The Balaban J connectivity index is 0.000000593. The summed E-state index contributed by atoms with van der Waals surface area (Å²) in [6.07, 6.45) is 2.40. The first-order valence-electron chi connectivity index (χ1n) is 28.2. The van der Waals surface area contributed by atoms with Gasteiger partial charge < -0.3 is 50.4 Å². The zero-order valence-electron chi connectivity index (χ0n) is 52.9. The third-order valence-corrected chi connectivity index (χ3v) is 11.4. The van der Waals surface area contributed by atoms with Crippen molar-refractivity contribution in [2.45, 2.75) is 39.2 Å². The Kier molecular flexibility index (Phi) is 41.4. The minimum absolute atomic E-state index is 0. The molecule has 8 aromatic heterocycles. The van der Waals surface area contributed by atoms with E-state index in [1.807, 2.05) is 0 Å². The molecular formula is C71H51F12Ir4N10O6-5. The first-order chi connectivity index (χ1) is 47.1. The summed E-state index contributed by atoms with van der Waals surface area (Å²) < 4.78 is 152. The van der Waals surface area contributed by atoms with Crippen LogP contribution in [0.3, 0.4) is 0 Å². The molecule has 1 unspecified atom stereocenters. The number of aliphatic hydroxyl groups excluding tert-OH is 2. The van der Waals surface area contributed by atoms with E-state index >= 15 is 0 Å². The van der Waals surface area contributed by atoms with E-state index in [-0.39, 0.29) is 126 Å². The molecule has 12 rings (SSSR count). The molecule has 0 fully saturated rings. The van der Waals surface area contributed by atoms with Crippen molar-refractivity contribution >= 4 is 11.9 Å². The second-order valence-electron chi connectivity index (χ2n) is 19.2. The maximum absolute atomic E-state index is 13.2. The Morgan fingerprint density at radius 3 is 1.04 bits per heavy atom. The van der Waals surface area contributed by atoms with Crippen LogP contribution in [0.25, 0.3) is 56.5 Å². The van der Waals surface area contributed by atoms with Crippen molar-refractivity contribution in [3.05, 3.63) is 319 Å². The van der Waals surface area contributed by atoms with Gasteiger partial charge >= 0.3 is 24.3 Å². The van der Waals surface area contributed by atoms with Gasteiger partial charge in [0.15, 0.2) is 0 Å². The summed E-state index contributed by atoms with van der Waals surface area (Å²) in [5, 5.41) is 39.8. The molecule has 1 atom stereocenters. The van der Waals surface area contributed by atoms with Gasteiger partial charge in [-0.3, -0.25) is 36.4 Å². The van der Waals surface area contributed by atoms with Crippen LogP contribution in [-0.2, 0) is 92.8 Å². The smallest absolute Gasteiger partial charge is 0.429 e. The molecule has 0 aliphatic rings. The van der Waals surface area contributed by atoms with Crippen LogP contribution in [0.15, 0.2) is 231 Å². The van der Waals surface area contributed by atoms with Gasteiger partial charge in [-0.2, -0.15) is 26.3 Å². The number of hydrogen-bond acceptors (Lipinski definition) is 13. The van der Waals surface area contributed by atoms with Gasteiger partial charge in [0.2, 0.25) is 0 Å². The maximum atomic E-state index is 13.2. The second-order valence-corrected chi connectivity index (χ2v) is 19.2. The Labute approximate surface area is 635 Å².